The van der Waals surface area contributed by atoms with E-state index in [2.05, 4.69) is 20.8 Å². The predicted molar refractivity (Wildman–Crippen MR) is 92.7 cm³/mol. The molecule has 0 unspecified atom stereocenters. The molecule has 0 aliphatic heterocycles. The summed E-state index contributed by atoms with van der Waals surface area (Å²) in [6, 6.07) is 4.72. The fourth-order valence-corrected chi connectivity index (χ4v) is 4.57. The summed E-state index contributed by atoms with van der Waals surface area (Å²) in [7, 11) is 1.47. The highest BCUT2D eigenvalue weighted by molar-refractivity contribution is 5.90. The summed E-state index contributed by atoms with van der Waals surface area (Å²) in [6.45, 7) is 8.20. The van der Waals surface area contributed by atoms with Gasteiger partial charge >= 0.3 is 11.9 Å². The number of benzene rings is 1. The number of methoxy groups -OCH3 is 1. The molecular weight excluding hydrogens is 320 g/mol. The van der Waals surface area contributed by atoms with E-state index in [0.717, 1.165) is 12.8 Å². The Morgan fingerprint density at radius 3 is 2.40 bits per heavy atom. The van der Waals surface area contributed by atoms with Gasteiger partial charge in [0.15, 0.2) is 11.5 Å². The molecule has 1 aromatic carbocycles. The lowest BCUT2D eigenvalue weighted by Gasteiger charge is -2.33. The van der Waals surface area contributed by atoms with Crippen molar-refractivity contribution in [2.75, 3.05) is 7.11 Å². The van der Waals surface area contributed by atoms with E-state index in [1.807, 2.05) is 0 Å². The molecular formula is C20H26O5. The van der Waals surface area contributed by atoms with Gasteiger partial charge in [-0.15, -0.1) is 0 Å². The average Bonchev–Trinajstić information content (AvgIpc) is 2.87. The van der Waals surface area contributed by atoms with Gasteiger partial charge in [-0.25, -0.2) is 4.79 Å². The first-order chi connectivity index (χ1) is 11.7. The van der Waals surface area contributed by atoms with Crippen molar-refractivity contribution < 1.29 is 23.8 Å². The van der Waals surface area contributed by atoms with Crippen molar-refractivity contribution in [2.24, 2.45) is 16.7 Å². The summed E-state index contributed by atoms with van der Waals surface area (Å²) in [5.74, 6) is 0.240. The second kappa shape index (κ2) is 6.04. The van der Waals surface area contributed by atoms with Crippen molar-refractivity contribution in [3.63, 3.8) is 0 Å². The van der Waals surface area contributed by atoms with Crippen LogP contribution in [0.15, 0.2) is 18.2 Å². The van der Waals surface area contributed by atoms with Crippen LogP contribution in [0.25, 0.3) is 0 Å². The minimum Gasteiger partial charge on any atom is -0.493 e. The highest BCUT2D eigenvalue weighted by Gasteiger charge is 2.61. The van der Waals surface area contributed by atoms with Crippen LogP contribution in [0.5, 0.6) is 11.5 Å². The van der Waals surface area contributed by atoms with Gasteiger partial charge in [0.2, 0.25) is 0 Å². The van der Waals surface area contributed by atoms with Gasteiger partial charge < -0.3 is 14.2 Å². The molecule has 2 fully saturated rings. The molecule has 0 spiro atoms. The summed E-state index contributed by atoms with van der Waals surface area (Å²) in [5.41, 5.74) is 0.826. The highest BCUT2D eigenvalue weighted by atomic mass is 16.6. The maximum atomic E-state index is 12.6. The standard InChI is InChI=1S/C20H26O5/c1-12(21)24-15-7-6-13(10-16(15)23-5)18(22)25-17-11-20(4)9-8-14(17)19(20,2)3/h6-7,10,14,17H,8-9,11H2,1-5H3/t14-,17+,20+/m0/s1. The Morgan fingerprint density at radius 2 is 1.88 bits per heavy atom. The Hall–Kier alpha value is -2.04. The van der Waals surface area contributed by atoms with Crippen molar-refractivity contribution in [3.05, 3.63) is 23.8 Å². The molecule has 136 valence electrons. The van der Waals surface area contributed by atoms with Crippen LogP contribution in [0.4, 0.5) is 0 Å². The molecule has 0 N–H and O–H groups in total. The van der Waals surface area contributed by atoms with Crippen LogP contribution in [-0.2, 0) is 9.53 Å². The molecule has 0 radical (unpaired) electrons. The number of carbonyl (C=O) groups excluding carboxylic acids is 2. The fraction of sp³-hybridized carbons (Fsp3) is 0.600. The van der Waals surface area contributed by atoms with Gasteiger partial charge in [0, 0.05) is 12.8 Å². The number of fused-ring (bicyclic) bond motifs is 2. The number of hydrogen-bond donors (Lipinski definition) is 0. The summed E-state index contributed by atoms with van der Waals surface area (Å²) < 4.78 is 16.1. The van der Waals surface area contributed by atoms with E-state index in [0.29, 0.717) is 23.0 Å². The monoisotopic (exact) mass is 346 g/mol. The van der Waals surface area contributed by atoms with Crippen molar-refractivity contribution in [3.8, 4) is 11.5 Å². The van der Waals surface area contributed by atoms with Gasteiger partial charge in [-0.05, 0) is 48.3 Å². The SMILES string of the molecule is COc1cc(C(=O)O[C@@H]2C[C@@]3(C)CC[C@@H]2C3(C)C)ccc1OC(C)=O. The molecule has 25 heavy (non-hydrogen) atoms. The molecule has 3 atom stereocenters. The number of carbonyl (C=O) groups is 2. The second-order valence-corrected chi connectivity index (χ2v) is 8.03. The minimum absolute atomic E-state index is 0.0413. The third-order valence-electron chi connectivity index (χ3n) is 6.50. The van der Waals surface area contributed by atoms with Crippen molar-refractivity contribution in [2.45, 2.75) is 53.1 Å². The zero-order valence-electron chi connectivity index (χ0n) is 15.5. The molecule has 2 aliphatic rings. The van der Waals surface area contributed by atoms with Crippen LogP contribution in [-0.4, -0.2) is 25.2 Å². The molecule has 1 aromatic rings. The second-order valence-electron chi connectivity index (χ2n) is 8.03. The number of hydrogen-bond acceptors (Lipinski definition) is 5. The van der Waals surface area contributed by atoms with Gasteiger partial charge in [0.1, 0.15) is 6.10 Å². The Bertz CT molecular complexity index is 705. The largest absolute Gasteiger partial charge is 0.493 e. The van der Waals surface area contributed by atoms with Crippen LogP contribution < -0.4 is 9.47 Å². The van der Waals surface area contributed by atoms with E-state index in [1.165, 1.54) is 20.5 Å². The first-order valence-corrected chi connectivity index (χ1v) is 8.75. The quantitative estimate of drug-likeness (QED) is 0.609. The minimum atomic E-state index is -0.439. The Balaban J connectivity index is 1.75. The highest BCUT2D eigenvalue weighted by Crippen LogP contribution is 2.66. The van der Waals surface area contributed by atoms with Gasteiger partial charge in [0.25, 0.3) is 0 Å². The third-order valence-corrected chi connectivity index (χ3v) is 6.50. The summed E-state index contributed by atoms with van der Waals surface area (Å²) in [4.78, 5) is 23.7. The van der Waals surface area contributed by atoms with Crippen LogP contribution in [0, 0.1) is 16.7 Å². The topological polar surface area (TPSA) is 61.8 Å². The normalized spacial score (nSPS) is 29.3. The van der Waals surface area contributed by atoms with Gasteiger partial charge in [0.05, 0.1) is 12.7 Å². The molecule has 2 saturated carbocycles. The first-order valence-electron chi connectivity index (χ1n) is 8.75. The molecule has 5 heteroatoms. The molecule has 2 bridgehead atoms. The van der Waals surface area contributed by atoms with Crippen molar-refractivity contribution >= 4 is 11.9 Å². The van der Waals surface area contributed by atoms with E-state index >= 15 is 0 Å². The Morgan fingerprint density at radius 1 is 1.16 bits per heavy atom. The molecule has 0 saturated heterocycles. The maximum Gasteiger partial charge on any atom is 0.338 e. The van der Waals surface area contributed by atoms with Gasteiger partial charge in [-0.2, -0.15) is 0 Å². The molecule has 5 nitrogen and oxygen atoms in total. The predicted octanol–water partition coefficient (Wildman–Crippen LogP) is 3.99. The average molecular weight is 346 g/mol. The molecule has 0 amide bonds. The Labute approximate surface area is 148 Å². The molecule has 2 aliphatic carbocycles. The van der Waals surface area contributed by atoms with Crippen LogP contribution in [0.3, 0.4) is 0 Å². The summed E-state index contributed by atoms with van der Waals surface area (Å²) >= 11 is 0. The van der Waals surface area contributed by atoms with E-state index in [4.69, 9.17) is 14.2 Å². The summed E-state index contributed by atoms with van der Waals surface area (Å²) in [6.07, 6.45) is 3.18. The Kier molecular flexibility index (Phi) is 4.30. The lowest BCUT2D eigenvalue weighted by molar-refractivity contribution is -0.132. The zero-order valence-corrected chi connectivity index (χ0v) is 15.5. The zero-order chi connectivity index (χ0) is 18.4. The molecule has 0 aromatic heterocycles. The van der Waals surface area contributed by atoms with E-state index in [1.54, 1.807) is 18.2 Å². The van der Waals surface area contributed by atoms with E-state index < -0.39 is 5.97 Å². The number of rotatable bonds is 4. The fourth-order valence-electron chi connectivity index (χ4n) is 4.57. The first kappa shape index (κ1) is 17.8. The smallest absolute Gasteiger partial charge is 0.338 e. The van der Waals surface area contributed by atoms with Gasteiger partial charge in [-0.1, -0.05) is 20.8 Å². The molecule has 3 rings (SSSR count). The molecule has 0 heterocycles. The van der Waals surface area contributed by atoms with Crippen LogP contribution >= 0.6 is 0 Å². The van der Waals surface area contributed by atoms with E-state index in [-0.39, 0.29) is 22.9 Å². The van der Waals surface area contributed by atoms with Crippen LogP contribution in [0.1, 0.15) is 57.3 Å². The van der Waals surface area contributed by atoms with Crippen molar-refractivity contribution in [1.29, 1.82) is 0 Å². The number of esters is 2. The van der Waals surface area contributed by atoms with Gasteiger partial charge in [-0.3, -0.25) is 4.79 Å². The lowest BCUT2D eigenvalue weighted by atomic mass is 9.71. The maximum absolute atomic E-state index is 12.6. The lowest BCUT2D eigenvalue weighted by Crippen LogP contribution is -2.28. The number of ether oxygens (including phenoxy) is 3. The van der Waals surface area contributed by atoms with Crippen molar-refractivity contribution in [1.82, 2.24) is 0 Å². The van der Waals surface area contributed by atoms with E-state index in [9.17, 15) is 9.59 Å². The van der Waals surface area contributed by atoms with Crippen LogP contribution in [0.2, 0.25) is 0 Å². The summed E-state index contributed by atoms with van der Waals surface area (Å²) in [5, 5.41) is 0. The third kappa shape index (κ3) is 2.90.